The van der Waals surface area contributed by atoms with Crippen LogP contribution < -0.4 is 5.73 Å². The Morgan fingerprint density at radius 3 is 2.60 bits per heavy atom. The summed E-state index contributed by atoms with van der Waals surface area (Å²) < 4.78 is 0. The fourth-order valence-electron chi connectivity index (χ4n) is 2.67. The van der Waals surface area contributed by atoms with E-state index in [2.05, 4.69) is 18.7 Å². The van der Waals surface area contributed by atoms with Crippen molar-refractivity contribution in [3.8, 4) is 0 Å². The molecule has 1 aliphatic rings. The van der Waals surface area contributed by atoms with Gasteiger partial charge < -0.3 is 5.73 Å². The molecule has 1 heterocycles. The Kier molecular flexibility index (Phi) is 6.26. The van der Waals surface area contributed by atoms with E-state index >= 15 is 0 Å². The first-order valence-electron chi connectivity index (χ1n) is 6.73. The predicted octanol–water partition coefficient (Wildman–Crippen LogP) is 2.63. The first kappa shape index (κ1) is 13.0. The molecule has 0 amide bonds. The average molecular weight is 212 g/mol. The van der Waals surface area contributed by atoms with Crippen LogP contribution in [0.25, 0.3) is 0 Å². The van der Waals surface area contributed by atoms with Gasteiger partial charge in [-0.05, 0) is 31.8 Å². The molecule has 0 radical (unpaired) electrons. The van der Waals surface area contributed by atoms with Crippen molar-refractivity contribution in [3.05, 3.63) is 0 Å². The number of hydrogen-bond acceptors (Lipinski definition) is 2. The van der Waals surface area contributed by atoms with Gasteiger partial charge in [0.15, 0.2) is 0 Å². The maximum Gasteiger partial charge on any atom is 0.0244 e. The fourth-order valence-corrected chi connectivity index (χ4v) is 2.67. The van der Waals surface area contributed by atoms with Crippen LogP contribution >= 0.6 is 0 Å². The quantitative estimate of drug-likeness (QED) is 0.657. The molecule has 2 N–H and O–H groups in total. The molecule has 0 aromatic carbocycles. The van der Waals surface area contributed by atoms with Gasteiger partial charge in [0.2, 0.25) is 0 Å². The number of unbranched alkanes of at least 4 members (excludes halogenated alkanes) is 4. The highest BCUT2D eigenvalue weighted by Crippen LogP contribution is 2.23. The normalized spacial score (nSPS) is 27.4. The van der Waals surface area contributed by atoms with Crippen molar-refractivity contribution in [1.29, 1.82) is 0 Å². The van der Waals surface area contributed by atoms with E-state index < -0.39 is 0 Å². The third kappa shape index (κ3) is 4.12. The second-order valence-electron chi connectivity index (χ2n) is 5.02. The summed E-state index contributed by atoms with van der Waals surface area (Å²) >= 11 is 0. The van der Waals surface area contributed by atoms with Gasteiger partial charge >= 0.3 is 0 Å². The van der Waals surface area contributed by atoms with Crippen LogP contribution in [0.4, 0.5) is 0 Å². The highest BCUT2D eigenvalue weighted by atomic mass is 15.2. The van der Waals surface area contributed by atoms with Gasteiger partial charge in [-0.1, -0.05) is 39.5 Å². The molecule has 0 aromatic rings. The summed E-state index contributed by atoms with van der Waals surface area (Å²) in [5.74, 6) is 0.811. The number of rotatable bonds is 7. The minimum absolute atomic E-state index is 0.663. The summed E-state index contributed by atoms with van der Waals surface area (Å²) in [5.41, 5.74) is 5.82. The average Bonchev–Trinajstić information content (AvgIpc) is 2.59. The molecule has 2 atom stereocenters. The van der Waals surface area contributed by atoms with Crippen LogP contribution in [-0.4, -0.2) is 30.6 Å². The number of likely N-dealkylation sites (tertiary alicyclic amines) is 1. The van der Waals surface area contributed by atoms with Crippen molar-refractivity contribution in [1.82, 2.24) is 4.90 Å². The monoisotopic (exact) mass is 212 g/mol. The van der Waals surface area contributed by atoms with Gasteiger partial charge in [0.1, 0.15) is 0 Å². The molecule has 0 aromatic heterocycles. The molecular formula is C13H28N2. The van der Waals surface area contributed by atoms with Crippen molar-refractivity contribution < 1.29 is 0 Å². The minimum Gasteiger partial charge on any atom is -0.329 e. The zero-order valence-corrected chi connectivity index (χ0v) is 10.5. The molecule has 90 valence electrons. The SMILES string of the molecule is CCCCCCCN1CCC(C)C1CN. The van der Waals surface area contributed by atoms with Crippen LogP contribution in [0.2, 0.25) is 0 Å². The molecule has 2 nitrogen and oxygen atoms in total. The Morgan fingerprint density at radius 1 is 1.20 bits per heavy atom. The lowest BCUT2D eigenvalue weighted by atomic mass is 10.0. The van der Waals surface area contributed by atoms with Gasteiger partial charge in [-0.3, -0.25) is 4.90 Å². The number of hydrogen-bond donors (Lipinski definition) is 1. The van der Waals surface area contributed by atoms with E-state index in [9.17, 15) is 0 Å². The van der Waals surface area contributed by atoms with Gasteiger partial charge in [0.05, 0.1) is 0 Å². The van der Waals surface area contributed by atoms with Crippen molar-refractivity contribution in [2.24, 2.45) is 11.7 Å². The molecule has 2 heteroatoms. The molecule has 1 rings (SSSR count). The lowest BCUT2D eigenvalue weighted by molar-refractivity contribution is 0.231. The van der Waals surface area contributed by atoms with Crippen LogP contribution in [0, 0.1) is 5.92 Å². The van der Waals surface area contributed by atoms with Crippen molar-refractivity contribution in [2.75, 3.05) is 19.6 Å². The summed E-state index contributed by atoms with van der Waals surface area (Å²) in [5, 5.41) is 0. The summed E-state index contributed by atoms with van der Waals surface area (Å²) in [4.78, 5) is 2.61. The molecule has 2 unspecified atom stereocenters. The summed E-state index contributed by atoms with van der Waals surface area (Å²) in [6.45, 7) is 8.00. The second-order valence-corrected chi connectivity index (χ2v) is 5.02. The van der Waals surface area contributed by atoms with Crippen molar-refractivity contribution >= 4 is 0 Å². The molecule has 1 fully saturated rings. The summed E-state index contributed by atoms with van der Waals surface area (Å²) in [7, 11) is 0. The first-order chi connectivity index (χ1) is 7.29. The topological polar surface area (TPSA) is 29.3 Å². The lowest BCUT2D eigenvalue weighted by Crippen LogP contribution is -2.38. The Hall–Kier alpha value is -0.0800. The smallest absolute Gasteiger partial charge is 0.0244 e. The molecule has 0 bridgehead atoms. The predicted molar refractivity (Wildman–Crippen MR) is 67.0 cm³/mol. The van der Waals surface area contributed by atoms with Crippen LogP contribution in [0.1, 0.15) is 52.4 Å². The van der Waals surface area contributed by atoms with Crippen LogP contribution in [0.3, 0.4) is 0 Å². The second kappa shape index (κ2) is 7.24. The Morgan fingerprint density at radius 2 is 1.93 bits per heavy atom. The van der Waals surface area contributed by atoms with Gasteiger partial charge in [-0.2, -0.15) is 0 Å². The number of nitrogens with zero attached hydrogens (tertiary/aromatic N) is 1. The van der Waals surface area contributed by atoms with E-state index in [1.54, 1.807) is 0 Å². The van der Waals surface area contributed by atoms with Crippen molar-refractivity contribution in [3.63, 3.8) is 0 Å². The van der Waals surface area contributed by atoms with Crippen LogP contribution in [-0.2, 0) is 0 Å². The minimum atomic E-state index is 0.663. The zero-order chi connectivity index (χ0) is 11.1. The standard InChI is InChI=1S/C13H28N2/c1-3-4-5-6-7-9-15-10-8-12(2)13(15)11-14/h12-13H,3-11,14H2,1-2H3. The van der Waals surface area contributed by atoms with Crippen molar-refractivity contribution in [2.45, 2.75) is 58.4 Å². The molecule has 0 spiro atoms. The van der Waals surface area contributed by atoms with E-state index in [4.69, 9.17) is 5.73 Å². The molecular weight excluding hydrogens is 184 g/mol. The summed E-state index contributed by atoms with van der Waals surface area (Å²) in [6.07, 6.45) is 8.26. The molecule has 1 saturated heterocycles. The lowest BCUT2D eigenvalue weighted by Gasteiger charge is -2.25. The van der Waals surface area contributed by atoms with Gasteiger partial charge in [-0.25, -0.2) is 0 Å². The molecule has 0 aliphatic carbocycles. The maximum atomic E-state index is 5.82. The summed E-state index contributed by atoms with van der Waals surface area (Å²) in [6, 6.07) is 0.663. The van der Waals surface area contributed by atoms with E-state index in [1.807, 2.05) is 0 Å². The Balaban J connectivity index is 2.10. The Bertz CT molecular complexity index is 159. The van der Waals surface area contributed by atoms with E-state index in [1.165, 1.54) is 51.6 Å². The van der Waals surface area contributed by atoms with Gasteiger partial charge in [-0.15, -0.1) is 0 Å². The van der Waals surface area contributed by atoms with E-state index in [-0.39, 0.29) is 0 Å². The van der Waals surface area contributed by atoms with Gasteiger partial charge in [0.25, 0.3) is 0 Å². The van der Waals surface area contributed by atoms with E-state index in [0.29, 0.717) is 6.04 Å². The highest BCUT2D eigenvalue weighted by Gasteiger charge is 2.28. The third-order valence-corrected chi connectivity index (χ3v) is 3.79. The van der Waals surface area contributed by atoms with E-state index in [0.717, 1.165) is 12.5 Å². The molecule has 0 saturated carbocycles. The largest absolute Gasteiger partial charge is 0.329 e. The number of nitrogens with two attached hydrogens (primary N) is 1. The van der Waals surface area contributed by atoms with Crippen LogP contribution in [0.5, 0.6) is 0 Å². The molecule has 15 heavy (non-hydrogen) atoms. The zero-order valence-electron chi connectivity index (χ0n) is 10.5. The highest BCUT2D eigenvalue weighted by molar-refractivity contribution is 4.84. The first-order valence-corrected chi connectivity index (χ1v) is 6.73. The Labute approximate surface area is 95.2 Å². The maximum absolute atomic E-state index is 5.82. The molecule has 1 aliphatic heterocycles. The van der Waals surface area contributed by atoms with Gasteiger partial charge in [0, 0.05) is 12.6 Å². The van der Waals surface area contributed by atoms with Crippen LogP contribution in [0.15, 0.2) is 0 Å². The third-order valence-electron chi connectivity index (χ3n) is 3.79. The fraction of sp³-hybridized carbons (Fsp3) is 1.00.